The fourth-order valence-electron chi connectivity index (χ4n) is 1.54. The number of rotatable bonds is 6. The lowest BCUT2D eigenvalue weighted by Crippen LogP contribution is -2.16. The SMILES string of the molecule is CCNCc1nccn1Cc1noc(CC)n1. The Kier molecular flexibility index (Phi) is 3.87. The van der Waals surface area contributed by atoms with E-state index < -0.39 is 0 Å². The lowest BCUT2D eigenvalue weighted by Gasteiger charge is -2.05. The quantitative estimate of drug-likeness (QED) is 0.808. The largest absolute Gasteiger partial charge is 0.339 e. The summed E-state index contributed by atoms with van der Waals surface area (Å²) in [6.45, 7) is 6.34. The minimum Gasteiger partial charge on any atom is -0.339 e. The predicted molar refractivity (Wildman–Crippen MR) is 62.4 cm³/mol. The summed E-state index contributed by atoms with van der Waals surface area (Å²) in [5.41, 5.74) is 0. The van der Waals surface area contributed by atoms with Crippen LogP contribution in [0.1, 0.15) is 31.4 Å². The van der Waals surface area contributed by atoms with E-state index in [1.54, 1.807) is 6.20 Å². The maximum atomic E-state index is 5.07. The van der Waals surface area contributed by atoms with Gasteiger partial charge in [0.1, 0.15) is 5.82 Å². The van der Waals surface area contributed by atoms with Crippen molar-refractivity contribution < 1.29 is 4.52 Å². The third-order valence-electron chi connectivity index (χ3n) is 2.46. The molecule has 2 aromatic heterocycles. The van der Waals surface area contributed by atoms with Gasteiger partial charge >= 0.3 is 0 Å². The molecule has 2 heterocycles. The van der Waals surface area contributed by atoms with E-state index in [9.17, 15) is 0 Å². The van der Waals surface area contributed by atoms with E-state index in [0.29, 0.717) is 18.3 Å². The van der Waals surface area contributed by atoms with E-state index in [-0.39, 0.29) is 0 Å². The van der Waals surface area contributed by atoms with Crippen molar-refractivity contribution in [3.63, 3.8) is 0 Å². The van der Waals surface area contributed by atoms with Crippen LogP contribution in [-0.2, 0) is 19.5 Å². The number of aryl methyl sites for hydroxylation is 1. The molecule has 6 heteroatoms. The molecule has 0 unspecified atom stereocenters. The highest BCUT2D eigenvalue weighted by atomic mass is 16.5. The minimum absolute atomic E-state index is 0.601. The van der Waals surface area contributed by atoms with Crippen LogP contribution in [0.2, 0.25) is 0 Å². The second-order valence-electron chi connectivity index (χ2n) is 3.71. The molecule has 0 aliphatic rings. The maximum Gasteiger partial charge on any atom is 0.226 e. The van der Waals surface area contributed by atoms with Crippen LogP contribution in [0.4, 0.5) is 0 Å². The lowest BCUT2D eigenvalue weighted by molar-refractivity contribution is 0.375. The summed E-state index contributed by atoms with van der Waals surface area (Å²) in [4.78, 5) is 8.57. The third-order valence-corrected chi connectivity index (χ3v) is 2.46. The molecule has 0 aromatic carbocycles. The van der Waals surface area contributed by atoms with Gasteiger partial charge in [0.15, 0.2) is 5.82 Å². The van der Waals surface area contributed by atoms with Crippen molar-refractivity contribution in [3.8, 4) is 0 Å². The summed E-state index contributed by atoms with van der Waals surface area (Å²) in [5.74, 6) is 2.35. The van der Waals surface area contributed by atoms with E-state index in [1.807, 2.05) is 17.7 Å². The lowest BCUT2D eigenvalue weighted by atomic mass is 10.5. The highest BCUT2D eigenvalue weighted by Gasteiger charge is 2.08. The van der Waals surface area contributed by atoms with Crippen molar-refractivity contribution in [1.82, 2.24) is 25.0 Å². The van der Waals surface area contributed by atoms with E-state index in [4.69, 9.17) is 4.52 Å². The van der Waals surface area contributed by atoms with Gasteiger partial charge in [-0.3, -0.25) is 0 Å². The van der Waals surface area contributed by atoms with E-state index in [2.05, 4.69) is 27.4 Å². The number of imidazole rings is 1. The number of nitrogens with zero attached hydrogens (tertiary/aromatic N) is 4. The summed E-state index contributed by atoms with van der Waals surface area (Å²) in [5, 5.41) is 7.17. The number of aromatic nitrogens is 4. The number of nitrogens with one attached hydrogen (secondary N) is 1. The van der Waals surface area contributed by atoms with Crippen molar-refractivity contribution in [3.05, 3.63) is 29.9 Å². The van der Waals surface area contributed by atoms with Crippen LogP contribution in [0.15, 0.2) is 16.9 Å². The molecule has 0 saturated carbocycles. The van der Waals surface area contributed by atoms with Gasteiger partial charge in [-0.25, -0.2) is 4.98 Å². The van der Waals surface area contributed by atoms with Gasteiger partial charge in [0.05, 0.1) is 13.1 Å². The molecule has 0 atom stereocenters. The monoisotopic (exact) mass is 235 g/mol. The van der Waals surface area contributed by atoms with Crippen LogP contribution in [-0.4, -0.2) is 26.2 Å². The molecule has 0 fully saturated rings. The normalized spacial score (nSPS) is 10.9. The molecule has 2 rings (SSSR count). The summed E-state index contributed by atoms with van der Waals surface area (Å²) in [7, 11) is 0. The molecular weight excluding hydrogens is 218 g/mol. The van der Waals surface area contributed by atoms with Crippen LogP contribution >= 0.6 is 0 Å². The Morgan fingerprint density at radius 3 is 3.00 bits per heavy atom. The van der Waals surface area contributed by atoms with Crippen molar-refractivity contribution in [1.29, 1.82) is 0 Å². The summed E-state index contributed by atoms with van der Waals surface area (Å²) in [6.07, 6.45) is 4.48. The van der Waals surface area contributed by atoms with Gasteiger partial charge in [-0.05, 0) is 6.54 Å². The van der Waals surface area contributed by atoms with Crippen LogP contribution < -0.4 is 5.32 Å². The van der Waals surface area contributed by atoms with Crippen molar-refractivity contribution >= 4 is 0 Å². The molecule has 92 valence electrons. The van der Waals surface area contributed by atoms with Gasteiger partial charge in [0.2, 0.25) is 5.89 Å². The molecule has 17 heavy (non-hydrogen) atoms. The highest BCUT2D eigenvalue weighted by Crippen LogP contribution is 2.04. The van der Waals surface area contributed by atoms with Crippen LogP contribution in [0, 0.1) is 0 Å². The zero-order valence-electron chi connectivity index (χ0n) is 10.2. The van der Waals surface area contributed by atoms with E-state index in [1.165, 1.54) is 0 Å². The minimum atomic E-state index is 0.601. The van der Waals surface area contributed by atoms with Crippen LogP contribution in [0.5, 0.6) is 0 Å². The molecule has 2 aromatic rings. The number of hydrogen-bond acceptors (Lipinski definition) is 5. The van der Waals surface area contributed by atoms with Crippen molar-refractivity contribution in [2.24, 2.45) is 0 Å². The fraction of sp³-hybridized carbons (Fsp3) is 0.545. The first kappa shape index (κ1) is 11.8. The summed E-state index contributed by atoms with van der Waals surface area (Å²) in [6, 6.07) is 0. The molecule has 0 spiro atoms. The first-order valence-electron chi connectivity index (χ1n) is 5.85. The first-order chi connectivity index (χ1) is 8.33. The van der Waals surface area contributed by atoms with E-state index in [0.717, 1.165) is 25.3 Å². The summed E-state index contributed by atoms with van der Waals surface area (Å²) < 4.78 is 7.09. The molecule has 0 aliphatic carbocycles. The topological polar surface area (TPSA) is 68.8 Å². The van der Waals surface area contributed by atoms with Crippen LogP contribution in [0.25, 0.3) is 0 Å². The van der Waals surface area contributed by atoms with Gasteiger partial charge in [0, 0.05) is 18.8 Å². The second-order valence-corrected chi connectivity index (χ2v) is 3.71. The smallest absolute Gasteiger partial charge is 0.226 e. The molecule has 0 saturated heterocycles. The van der Waals surface area contributed by atoms with Gasteiger partial charge in [-0.1, -0.05) is 19.0 Å². The predicted octanol–water partition coefficient (Wildman–Crippen LogP) is 0.986. The molecule has 0 bridgehead atoms. The standard InChI is InChI=1S/C11H17N5O/c1-3-11-14-9(15-17-11)8-16-6-5-13-10(16)7-12-4-2/h5-6,12H,3-4,7-8H2,1-2H3. The molecular formula is C11H17N5O. The second kappa shape index (κ2) is 5.58. The molecule has 0 aliphatic heterocycles. The summed E-state index contributed by atoms with van der Waals surface area (Å²) >= 11 is 0. The Morgan fingerprint density at radius 2 is 2.29 bits per heavy atom. The Morgan fingerprint density at radius 1 is 1.41 bits per heavy atom. The highest BCUT2D eigenvalue weighted by molar-refractivity contribution is 4.96. The number of hydrogen-bond donors (Lipinski definition) is 1. The Hall–Kier alpha value is -1.69. The molecule has 0 amide bonds. The van der Waals surface area contributed by atoms with Crippen LogP contribution in [0.3, 0.4) is 0 Å². The Bertz CT molecular complexity index is 462. The van der Waals surface area contributed by atoms with Gasteiger partial charge in [-0.15, -0.1) is 0 Å². The van der Waals surface area contributed by atoms with Crippen molar-refractivity contribution in [2.45, 2.75) is 33.4 Å². The first-order valence-corrected chi connectivity index (χ1v) is 5.85. The zero-order chi connectivity index (χ0) is 12.1. The third kappa shape index (κ3) is 2.91. The molecule has 6 nitrogen and oxygen atoms in total. The van der Waals surface area contributed by atoms with Gasteiger partial charge in [0.25, 0.3) is 0 Å². The van der Waals surface area contributed by atoms with E-state index >= 15 is 0 Å². The zero-order valence-corrected chi connectivity index (χ0v) is 10.2. The van der Waals surface area contributed by atoms with Gasteiger partial charge in [-0.2, -0.15) is 4.98 Å². The van der Waals surface area contributed by atoms with Gasteiger partial charge < -0.3 is 14.4 Å². The van der Waals surface area contributed by atoms with Crippen molar-refractivity contribution in [2.75, 3.05) is 6.54 Å². The maximum absolute atomic E-state index is 5.07. The Labute approximate surface area is 100 Å². The fourth-order valence-corrected chi connectivity index (χ4v) is 1.54. The molecule has 0 radical (unpaired) electrons. The average Bonchev–Trinajstić information content (AvgIpc) is 2.96. The average molecular weight is 235 g/mol. The Balaban J connectivity index is 2.04. The molecule has 1 N–H and O–H groups in total.